The SMILES string of the molecule is O=C(O)C1=CCC(NC(=O)C(F)(F)F)C1. The Balaban J connectivity index is 2.46. The van der Waals surface area contributed by atoms with Crippen molar-refractivity contribution < 1.29 is 27.9 Å². The van der Waals surface area contributed by atoms with E-state index in [1.165, 1.54) is 6.08 Å². The number of aliphatic carboxylic acids is 1. The molecule has 1 aliphatic carbocycles. The zero-order valence-corrected chi connectivity index (χ0v) is 7.47. The molecule has 4 nitrogen and oxygen atoms in total. The van der Waals surface area contributed by atoms with Gasteiger partial charge in [-0.15, -0.1) is 0 Å². The molecule has 0 saturated carbocycles. The zero-order valence-electron chi connectivity index (χ0n) is 7.47. The molecule has 0 aromatic rings. The van der Waals surface area contributed by atoms with E-state index < -0.39 is 24.1 Å². The molecule has 1 aliphatic rings. The highest BCUT2D eigenvalue weighted by Gasteiger charge is 2.40. The Bertz CT molecular complexity index is 322. The summed E-state index contributed by atoms with van der Waals surface area (Å²) >= 11 is 0. The number of alkyl halides is 3. The smallest absolute Gasteiger partial charge is 0.471 e. The molecule has 7 heteroatoms. The van der Waals surface area contributed by atoms with Crippen molar-refractivity contribution in [2.24, 2.45) is 0 Å². The summed E-state index contributed by atoms with van der Waals surface area (Å²) < 4.78 is 35.4. The maximum Gasteiger partial charge on any atom is 0.471 e. The van der Waals surface area contributed by atoms with E-state index >= 15 is 0 Å². The molecule has 0 aliphatic heterocycles. The minimum atomic E-state index is -4.92. The van der Waals surface area contributed by atoms with Crippen LogP contribution in [0.15, 0.2) is 11.6 Å². The van der Waals surface area contributed by atoms with Gasteiger partial charge in [-0.1, -0.05) is 6.08 Å². The number of carbonyl (C=O) groups excluding carboxylic acids is 1. The predicted octanol–water partition coefficient (Wildman–Crippen LogP) is 0.838. The summed E-state index contributed by atoms with van der Waals surface area (Å²) in [6.07, 6.45) is -3.57. The predicted molar refractivity (Wildman–Crippen MR) is 42.9 cm³/mol. The van der Waals surface area contributed by atoms with Gasteiger partial charge in [0, 0.05) is 11.6 Å². The van der Waals surface area contributed by atoms with Crippen LogP contribution in [0.2, 0.25) is 0 Å². The third kappa shape index (κ3) is 2.97. The summed E-state index contributed by atoms with van der Waals surface area (Å²) in [6.45, 7) is 0. The fourth-order valence-corrected chi connectivity index (χ4v) is 1.27. The van der Waals surface area contributed by atoms with Gasteiger partial charge in [0.1, 0.15) is 0 Å². The Labute approximate surface area is 82.8 Å². The average Bonchev–Trinajstić information content (AvgIpc) is 2.50. The van der Waals surface area contributed by atoms with Gasteiger partial charge in [-0.05, 0) is 12.8 Å². The molecule has 0 bridgehead atoms. The third-order valence-electron chi connectivity index (χ3n) is 1.98. The largest absolute Gasteiger partial charge is 0.478 e. The molecule has 1 atom stereocenters. The number of hydrogen-bond donors (Lipinski definition) is 2. The van der Waals surface area contributed by atoms with Gasteiger partial charge in [-0.25, -0.2) is 4.79 Å². The molecule has 1 unspecified atom stereocenters. The molecule has 0 heterocycles. The Morgan fingerprint density at radius 3 is 2.47 bits per heavy atom. The maximum atomic E-state index is 11.8. The number of rotatable bonds is 2. The number of nitrogens with one attached hydrogen (secondary N) is 1. The highest BCUT2D eigenvalue weighted by molar-refractivity contribution is 5.88. The van der Waals surface area contributed by atoms with Crippen LogP contribution in [0.25, 0.3) is 0 Å². The second-order valence-electron chi connectivity index (χ2n) is 3.14. The molecule has 0 spiro atoms. The summed E-state index contributed by atoms with van der Waals surface area (Å²) in [5, 5.41) is 10.2. The Kier molecular flexibility index (Phi) is 3.01. The van der Waals surface area contributed by atoms with Crippen LogP contribution < -0.4 is 5.32 Å². The highest BCUT2D eigenvalue weighted by atomic mass is 19.4. The molecule has 2 N–H and O–H groups in total. The van der Waals surface area contributed by atoms with E-state index in [0.29, 0.717) is 0 Å². The number of amides is 1. The number of carboxylic acids is 1. The first-order chi connectivity index (χ1) is 6.80. The monoisotopic (exact) mass is 223 g/mol. The molecular formula is C8H8F3NO3. The van der Waals surface area contributed by atoms with Crippen LogP contribution in [0.5, 0.6) is 0 Å². The van der Waals surface area contributed by atoms with E-state index in [1.54, 1.807) is 5.32 Å². The van der Waals surface area contributed by atoms with Crippen LogP contribution >= 0.6 is 0 Å². The van der Waals surface area contributed by atoms with E-state index in [9.17, 15) is 22.8 Å². The van der Waals surface area contributed by atoms with Gasteiger partial charge in [-0.3, -0.25) is 4.79 Å². The van der Waals surface area contributed by atoms with Crippen LogP contribution in [0.1, 0.15) is 12.8 Å². The molecule has 0 aromatic heterocycles. The van der Waals surface area contributed by atoms with Crippen molar-refractivity contribution >= 4 is 11.9 Å². The first-order valence-electron chi connectivity index (χ1n) is 4.10. The molecule has 0 radical (unpaired) electrons. The third-order valence-corrected chi connectivity index (χ3v) is 1.98. The van der Waals surface area contributed by atoms with Gasteiger partial charge in [0.15, 0.2) is 0 Å². The van der Waals surface area contributed by atoms with E-state index in [2.05, 4.69) is 0 Å². The normalized spacial score (nSPS) is 21.0. The Hall–Kier alpha value is -1.53. The van der Waals surface area contributed by atoms with Gasteiger partial charge < -0.3 is 10.4 Å². The van der Waals surface area contributed by atoms with Crippen molar-refractivity contribution in [3.05, 3.63) is 11.6 Å². The lowest BCUT2D eigenvalue weighted by atomic mass is 10.2. The summed E-state index contributed by atoms with van der Waals surface area (Å²) in [6, 6.07) is -0.773. The molecule has 0 saturated heterocycles. The summed E-state index contributed by atoms with van der Waals surface area (Å²) in [7, 11) is 0. The van der Waals surface area contributed by atoms with Crippen molar-refractivity contribution in [1.29, 1.82) is 0 Å². The minimum Gasteiger partial charge on any atom is -0.478 e. The van der Waals surface area contributed by atoms with Crippen molar-refractivity contribution in [3.63, 3.8) is 0 Å². The molecule has 1 rings (SSSR count). The van der Waals surface area contributed by atoms with Gasteiger partial charge in [0.05, 0.1) is 0 Å². The van der Waals surface area contributed by atoms with Crippen molar-refractivity contribution in [2.45, 2.75) is 25.1 Å². The molecule has 0 fully saturated rings. The van der Waals surface area contributed by atoms with E-state index in [4.69, 9.17) is 5.11 Å². The van der Waals surface area contributed by atoms with Crippen LogP contribution in [-0.2, 0) is 9.59 Å². The van der Waals surface area contributed by atoms with Gasteiger partial charge in [0.2, 0.25) is 0 Å². The van der Waals surface area contributed by atoms with Crippen molar-refractivity contribution in [3.8, 4) is 0 Å². The van der Waals surface area contributed by atoms with Crippen molar-refractivity contribution in [1.82, 2.24) is 5.32 Å². The fraction of sp³-hybridized carbons (Fsp3) is 0.500. The lowest BCUT2D eigenvalue weighted by Crippen LogP contribution is -2.42. The Morgan fingerprint density at radius 2 is 2.07 bits per heavy atom. The summed E-state index contributed by atoms with van der Waals surface area (Å²) in [5.41, 5.74) is 0.0301. The number of carbonyl (C=O) groups is 2. The van der Waals surface area contributed by atoms with E-state index in [0.717, 1.165) is 0 Å². The van der Waals surface area contributed by atoms with E-state index in [-0.39, 0.29) is 18.4 Å². The van der Waals surface area contributed by atoms with Crippen LogP contribution in [0.4, 0.5) is 13.2 Å². The fourth-order valence-electron chi connectivity index (χ4n) is 1.27. The maximum absolute atomic E-state index is 11.8. The highest BCUT2D eigenvalue weighted by Crippen LogP contribution is 2.21. The average molecular weight is 223 g/mol. The number of hydrogen-bond acceptors (Lipinski definition) is 2. The summed E-state index contributed by atoms with van der Waals surface area (Å²) in [4.78, 5) is 20.9. The van der Waals surface area contributed by atoms with Crippen LogP contribution in [0, 0.1) is 0 Å². The van der Waals surface area contributed by atoms with Gasteiger partial charge >= 0.3 is 18.1 Å². The first kappa shape index (κ1) is 11.5. The standard InChI is InChI=1S/C8H8F3NO3/c9-8(10,11)7(15)12-5-2-1-4(3-5)6(13)14/h1,5H,2-3H2,(H,12,15)(H,13,14). The molecule has 0 aromatic carbocycles. The quantitative estimate of drug-likeness (QED) is 0.728. The Morgan fingerprint density at radius 1 is 1.47 bits per heavy atom. The lowest BCUT2D eigenvalue weighted by Gasteiger charge is -2.13. The first-order valence-corrected chi connectivity index (χ1v) is 4.10. The number of halogens is 3. The second-order valence-corrected chi connectivity index (χ2v) is 3.14. The molecular weight excluding hydrogens is 215 g/mol. The lowest BCUT2D eigenvalue weighted by molar-refractivity contribution is -0.174. The van der Waals surface area contributed by atoms with Crippen LogP contribution in [-0.4, -0.2) is 29.2 Å². The van der Waals surface area contributed by atoms with Crippen LogP contribution in [0.3, 0.4) is 0 Å². The molecule has 1 amide bonds. The summed E-state index contributed by atoms with van der Waals surface area (Å²) in [5.74, 6) is -3.20. The van der Waals surface area contributed by atoms with Crippen molar-refractivity contribution in [2.75, 3.05) is 0 Å². The number of carboxylic acid groups (broad SMARTS) is 1. The zero-order chi connectivity index (χ0) is 11.6. The molecule has 15 heavy (non-hydrogen) atoms. The van der Waals surface area contributed by atoms with Gasteiger partial charge in [0.25, 0.3) is 0 Å². The minimum absolute atomic E-state index is 0.0301. The van der Waals surface area contributed by atoms with E-state index in [1.807, 2.05) is 0 Å². The second kappa shape index (κ2) is 3.92. The molecule has 84 valence electrons. The topological polar surface area (TPSA) is 66.4 Å². The van der Waals surface area contributed by atoms with Gasteiger partial charge in [-0.2, -0.15) is 13.2 Å².